The fraction of sp³-hybridized carbons (Fsp3) is 0.750. The molecule has 0 saturated carbocycles. The van der Waals surface area contributed by atoms with Crippen molar-refractivity contribution in [3.8, 4) is 0 Å². The molecule has 1 saturated heterocycles. The Hall–Kier alpha value is -2.09. The van der Waals surface area contributed by atoms with Gasteiger partial charge in [-0.1, -0.05) is 0 Å². The summed E-state index contributed by atoms with van der Waals surface area (Å²) in [6.07, 6.45) is -16.3. The van der Waals surface area contributed by atoms with E-state index in [1.54, 1.807) is 0 Å². The summed E-state index contributed by atoms with van der Waals surface area (Å²) >= 11 is 0. The van der Waals surface area contributed by atoms with Crippen molar-refractivity contribution in [2.24, 2.45) is 0 Å². The third-order valence-corrected chi connectivity index (χ3v) is 3.15. The summed E-state index contributed by atoms with van der Waals surface area (Å²) in [7, 11) is 0. The van der Waals surface area contributed by atoms with E-state index in [1.165, 1.54) is 10.6 Å². The average Bonchev–Trinajstić information content (AvgIpc) is 2.45. The summed E-state index contributed by atoms with van der Waals surface area (Å²) in [6, 6.07) is -1.62. The van der Waals surface area contributed by atoms with E-state index in [0.29, 0.717) is 0 Å². The van der Waals surface area contributed by atoms with Gasteiger partial charge in [0.2, 0.25) is 0 Å². The second-order valence-corrected chi connectivity index (χ2v) is 5.22. The number of halogens is 6. The Morgan fingerprint density at radius 2 is 1.65 bits per heavy atom. The first kappa shape index (κ1) is 22.0. The molecule has 2 amide bonds. The van der Waals surface area contributed by atoms with Gasteiger partial charge >= 0.3 is 30.1 Å². The highest BCUT2D eigenvalue weighted by molar-refractivity contribution is 5.82. The third kappa shape index (κ3) is 6.33. The van der Waals surface area contributed by atoms with Crippen molar-refractivity contribution in [2.75, 3.05) is 6.54 Å². The molecule has 0 spiro atoms. The summed E-state index contributed by atoms with van der Waals surface area (Å²) in [5.41, 5.74) is 0. The molecule has 14 heteroatoms. The Bertz CT molecular complexity index is 551. The zero-order chi connectivity index (χ0) is 20.3. The minimum absolute atomic E-state index is 0.635. The number of hydrogen-bond donors (Lipinski definition) is 3. The summed E-state index contributed by atoms with van der Waals surface area (Å²) in [5.74, 6) is -5.82. The first-order chi connectivity index (χ1) is 11.7. The van der Waals surface area contributed by atoms with Gasteiger partial charge in [0, 0.05) is 19.9 Å². The minimum Gasteiger partial charge on any atom is -0.458 e. The zero-order valence-electron chi connectivity index (χ0n) is 13.0. The van der Waals surface area contributed by atoms with E-state index < -0.39 is 67.6 Å². The van der Waals surface area contributed by atoms with Crippen molar-refractivity contribution in [1.29, 1.82) is 0 Å². The van der Waals surface area contributed by atoms with Crippen LogP contribution in [0.15, 0.2) is 0 Å². The van der Waals surface area contributed by atoms with Gasteiger partial charge in [0.15, 0.2) is 6.29 Å². The number of carbonyl (C=O) groups excluding carboxylic acids is 3. The van der Waals surface area contributed by atoms with Gasteiger partial charge < -0.3 is 25.2 Å². The number of rotatable bonds is 4. The number of amides is 2. The molecule has 1 aliphatic rings. The van der Waals surface area contributed by atoms with Crippen molar-refractivity contribution < 1.29 is 55.3 Å². The molecule has 150 valence electrons. The lowest BCUT2D eigenvalue weighted by Crippen LogP contribution is -2.61. The lowest BCUT2D eigenvalue weighted by atomic mass is 9.97. The number of ether oxygens (including phenoxy) is 2. The average molecular weight is 396 g/mol. The molecule has 4 atom stereocenters. The van der Waals surface area contributed by atoms with Gasteiger partial charge in [0.1, 0.15) is 12.2 Å². The van der Waals surface area contributed by atoms with E-state index in [4.69, 9.17) is 9.47 Å². The van der Waals surface area contributed by atoms with Crippen LogP contribution in [0.5, 0.6) is 0 Å². The second kappa shape index (κ2) is 8.07. The van der Waals surface area contributed by atoms with Crippen LogP contribution >= 0.6 is 0 Å². The maximum Gasteiger partial charge on any atom is 0.471 e. The van der Waals surface area contributed by atoms with Gasteiger partial charge in [-0.05, 0) is 0 Å². The topological polar surface area (TPSA) is 114 Å². The van der Waals surface area contributed by atoms with Crippen LogP contribution in [0, 0.1) is 0 Å². The van der Waals surface area contributed by atoms with Crippen LogP contribution in [-0.4, -0.2) is 66.3 Å². The molecule has 8 nitrogen and oxygen atoms in total. The highest BCUT2D eigenvalue weighted by Crippen LogP contribution is 2.24. The normalized spacial score (nSPS) is 26.8. The zero-order valence-corrected chi connectivity index (χ0v) is 13.0. The maximum absolute atomic E-state index is 12.4. The summed E-state index contributed by atoms with van der Waals surface area (Å²) in [4.78, 5) is 33.0. The maximum atomic E-state index is 12.4. The quantitative estimate of drug-likeness (QED) is 0.446. The van der Waals surface area contributed by atoms with E-state index in [2.05, 4.69) is 0 Å². The lowest BCUT2D eigenvalue weighted by molar-refractivity contribution is -0.221. The molecule has 1 fully saturated rings. The molecule has 26 heavy (non-hydrogen) atoms. The lowest BCUT2D eigenvalue weighted by Gasteiger charge is -2.39. The van der Waals surface area contributed by atoms with Crippen molar-refractivity contribution in [3.05, 3.63) is 0 Å². The largest absolute Gasteiger partial charge is 0.471 e. The van der Waals surface area contributed by atoms with Crippen LogP contribution in [0.3, 0.4) is 0 Å². The summed E-state index contributed by atoms with van der Waals surface area (Å²) in [5, 5.41) is 12.4. The Kier molecular flexibility index (Phi) is 6.82. The molecule has 0 aromatic rings. The van der Waals surface area contributed by atoms with E-state index in [-0.39, 0.29) is 0 Å². The molecular formula is C12H14F6N2O6. The molecule has 1 heterocycles. The minimum atomic E-state index is -5.29. The number of aliphatic hydroxyl groups is 1. The monoisotopic (exact) mass is 396 g/mol. The van der Waals surface area contributed by atoms with E-state index in [0.717, 1.165) is 6.92 Å². The Labute approximate surface area is 141 Å². The van der Waals surface area contributed by atoms with Crippen LogP contribution in [-0.2, 0) is 23.9 Å². The van der Waals surface area contributed by atoms with Gasteiger partial charge in [0.25, 0.3) is 0 Å². The summed E-state index contributed by atoms with van der Waals surface area (Å²) in [6.45, 7) is -0.0925. The van der Waals surface area contributed by atoms with E-state index in [1.807, 2.05) is 0 Å². The predicted molar refractivity (Wildman–Crippen MR) is 68.1 cm³/mol. The van der Waals surface area contributed by atoms with E-state index in [9.17, 15) is 45.8 Å². The molecule has 0 aromatic heterocycles. The number of carbonyl (C=O) groups is 3. The number of aliphatic hydroxyl groups excluding tert-OH is 1. The van der Waals surface area contributed by atoms with Crippen molar-refractivity contribution in [1.82, 2.24) is 10.6 Å². The Balaban J connectivity index is 2.93. The van der Waals surface area contributed by atoms with Crippen LogP contribution < -0.4 is 10.6 Å². The molecule has 0 bridgehead atoms. The number of alkyl halides is 6. The SMILES string of the molecule is CC(=O)O[C@H]1[C@@H](NC(=O)C(F)(F)F)C[C@H](O)O[C@@H]1CNC(=O)C(F)(F)F. The summed E-state index contributed by atoms with van der Waals surface area (Å²) < 4.78 is 83.3. The van der Waals surface area contributed by atoms with Gasteiger partial charge in [-0.25, -0.2) is 0 Å². The van der Waals surface area contributed by atoms with Gasteiger partial charge in [-0.15, -0.1) is 0 Å². The molecule has 0 aliphatic carbocycles. The molecule has 0 radical (unpaired) electrons. The predicted octanol–water partition coefficient (Wildman–Crippen LogP) is -0.249. The first-order valence-corrected chi connectivity index (χ1v) is 6.95. The highest BCUT2D eigenvalue weighted by Gasteiger charge is 2.47. The number of nitrogens with one attached hydrogen (secondary N) is 2. The molecular weight excluding hydrogens is 382 g/mol. The van der Waals surface area contributed by atoms with Crippen molar-refractivity contribution >= 4 is 17.8 Å². The van der Waals surface area contributed by atoms with Crippen LogP contribution in [0.1, 0.15) is 13.3 Å². The molecule has 0 unspecified atom stereocenters. The second-order valence-electron chi connectivity index (χ2n) is 5.22. The number of esters is 1. The van der Waals surface area contributed by atoms with Gasteiger partial charge in [-0.3, -0.25) is 14.4 Å². The first-order valence-electron chi connectivity index (χ1n) is 6.95. The van der Waals surface area contributed by atoms with E-state index >= 15 is 0 Å². The smallest absolute Gasteiger partial charge is 0.458 e. The molecule has 1 aliphatic heterocycles. The fourth-order valence-corrected chi connectivity index (χ4v) is 2.14. The van der Waals surface area contributed by atoms with Gasteiger partial charge in [-0.2, -0.15) is 26.3 Å². The van der Waals surface area contributed by atoms with Crippen LogP contribution in [0.4, 0.5) is 26.3 Å². The molecule has 3 N–H and O–H groups in total. The number of hydrogen-bond acceptors (Lipinski definition) is 6. The van der Waals surface area contributed by atoms with Crippen molar-refractivity contribution in [3.63, 3.8) is 0 Å². The Morgan fingerprint density at radius 1 is 1.12 bits per heavy atom. The highest BCUT2D eigenvalue weighted by atomic mass is 19.4. The molecule has 1 rings (SSSR count). The standard InChI is InChI=1S/C12H14F6N2O6/c1-4(21)25-8-5(20-10(24)12(16,17)18)2-7(22)26-6(8)3-19-9(23)11(13,14)15/h5-8,22H,2-3H2,1H3,(H,19,23)(H,20,24)/t5-,6+,7+,8-/m0/s1. The van der Waals surface area contributed by atoms with Crippen LogP contribution in [0.25, 0.3) is 0 Å². The molecule has 0 aromatic carbocycles. The van der Waals surface area contributed by atoms with Crippen molar-refractivity contribution in [2.45, 2.75) is 50.2 Å². The van der Waals surface area contributed by atoms with Gasteiger partial charge in [0.05, 0.1) is 6.04 Å². The Morgan fingerprint density at radius 3 is 2.12 bits per heavy atom. The van der Waals surface area contributed by atoms with Crippen LogP contribution in [0.2, 0.25) is 0 Å². The third-order valence-electron chi connectivity index (χ3n) is 3.15. The fourth-order valence-electron chi connectivity index (χ4n) is 2.14.